The van der Waals surface area contributed by atoms with Gasteiger partial charge in [-0.3, -0.25) is 4.79 Å². The van der Waals surface area contributed by atoms with Gasteiger partial charge in [0.25, 0.3) is 0 Å². The van der Waals surface area contributed by atoms with Crippen LogP contribution in [0.2, 0.25) is 0 Å². The molecule has 0 aromatic heterocycles. The van der Waals surface area contributed by atoms with E-state index in [0.29, 0.717) is 6.54 Å². The maximum atomic E-state index is 11.1. The maximum Gasteiger partial charge on any atom is 0.234 e. The fourth-order valence-electron chi connectivity index (χ4n) is 0.710. The predicted octanol–water partition coefficient (Wildman–Crippen LogP) is 0.675. The van der Waals surface area contributed by atoms with Gasteiger partial charge in [0.05, 0.1) is 6.54 Å². The number of carbonyl (C=O) groups is 1. The van der Waals surface area contributed by atoms with Crippen molar-refractivity contribution < 1.29 is 4.79 Å². The Hall–Kier alpha value is -0.830. The van der Waals surface area contributed by atoms with Gasteiger partial charge in [-0.1, -0.05) is 6.08 Å². The van der Waals surface area contributed by atoms with Gasteiger partial charge in [0.15, 0.2) is 0 Å². The average Bonchev–Trinajstić information content (AvgIpc) is 1.99. The van der Waals surface area contributed by atoms with Gasteiger partial charge in [0.1, 0.15) is 0 Å². The summed E-state index contributed by atoms with van der Waals surface area (Å²) in [5, 5.41) is 5.79. The second-order valence-corrected chi connectivity index (χ2v) is 3.13. The third-order valence-corrected chi connectivity index (χ3v) is 1.39. The van der Waals surface area contributed by atoms with Crippen molar-refractivity contribution in [2.24, 2.45) is 0 Å². The van der Waals surface area contributed by atoms with Crippen LogP contribution in [0.25, 0.3) is 0 Å². The van der Waals surface area contributed by atoms with Gasteiger partial charge < -0.3 is 10.6 Å². The van der Waals surface area contributed by atoms with E-state index in [2.05, 4.69) is 17.2 Å². The number of nitrogens with one attached hydrogen (secondary N) is 2. The Morgan fingerprint density at radius 1 is 1.50 bits per heavy atom. The first-order valence-corrected chi connectivity index (χ1v) is 4.21. The molecule has 1 unspecified atom stereocenters. The van der Waals surface area contributed by atoms with Crippen molar-refractivity contribution in [3.8, 4) is 0 Å². The van der Waals surface area contributed by atoms with Crippen molar-refractivity contribution in [3.63, 3.8) is 0 Å². The van der Waals surface area contributed by atoms with Gasteiger partial charge >= 0.3 is 0 Å². The molecule has 0 saturated carbocycles. The molecule has 0 aliphatic carbocycles. The first-order chi connectivity index (χ1) is 5.56. The van der Waals surface area contributed by atoms with E-state index in [9.17, 15) is 4.79 Å². The molecule has 12 heavy (non-hydrogen) atoms. The molecule has 3 nitrogen and oxygen atoms in total. The Morgan fingerprint density at radius 3 is 2.50 bits per heavy atom. The van der Waals surface area contributed by atoms with Crippen molar-refractivity contribution in [1.29, 1.82) is 0 Å². The summed E-state index contributed by atoms with van der Waals surface area (Å²) < 4.78 is 0. The third kappa shape index (κ3) is 5.92. The molecular formula is C9H18N2O. The zero-order chi connectivity index (χ0) is 9.56. The SMILES string of the molecule is C=CC(C)NCC(=O)NC(C)C. The Balaban J connectivity index is 3.50. The molecule has 1 amide bonds. The number of hydrogen-bond donors (Lipinski definition) is 2. The summed E-state index contributed by atoms with van der Waals surface area (Å²) >= 11 is 0. The minimum absolute atomic E-state index is 0.0266. The Bertz CT molecular complexity index is 155. The Kier molecular flexibility index (Phi) is 5.37. The number of amides is 1. The maximum absolute atomic E-state index is 11.1. The molecule has 0 aliphatic heterocycles. The highest BCUT2D eigenvalue weighted by molar-refractivity contribution is 5.78. The van der Waals surface area contributed by atoms with E-state index in [0.717, 1.165) is 0 Å². The molecule has 0 rings (SSSR count). The second kappa shape index (κ2) is 5.77. The van der Waals surface area contributed by atoms with Gasteiger partial charge in [-0.25, -0.2) is 0 Å². The zero-order valence-electron chi connectivity index (χ0n) is 8.05. The van der Waals surface area contributed by atoms with E-state index in [4.69, 9.17) is 0 Å². The van der Waals surface area contributed by atoms with Crippen molar-refractivity contribution in [2.45, 2.75) is 32.9 Å². The van der Waals surface area contributed by atoms with Gasteiger partial charge in [0.2, 0.25) is 5.91 Å². The summed E-state index contributed by atoms with van der Waals surface area (Å²) in [5.74, 6) is 0.0266. The minimum atomic E-state index is 0.0266. The lowest BCUT2D eigenvalue weighted by molar-refractivity contribution is -0.120. The summed E-state index contributed by atoms with van der Waals surface area (Å²) in [6, 6.07) is 0.390. The van der Waals surface area contributed by atoms with Crippen LogP contribution in [0.3, 0.4) is 0 Å². The highest BCUT2D eigenvalue weighted by Crippen LogP contribution is 1.81. The van der Waals surface area contributed by atoms with Crippen molar-refractivity contribution in [2.75, 3.05) is 6.54 Å². The summed E-state index contributed by atoms with van der Waals surface area (Å²) in [6.45, 7) is 9.79. The quantitative estimate of drug-likeness (QED) is 0.596. The molecule has 0 bridgehead atoms. The fourth-order valence-corrected chi connectivity index (χ4v) is 0.710. The standard InChI is InChI=1S/C9H18N2O/c1-5-8(4)10-6-9(12)11-7(2)3/h5,7-8,10H,1,6H2,2-4H3,(H,11,12). The molecule has 0 fully saturated rings. The number of carbonyl (C=O) groups excluding carboxylic acids is 1. The molecule has 0 aromatic rings. The summed E-state index contributed by atoms with van der Waals surface area (Å²) in [5.41, 5.74) is 0. The van der Waals surface area contributed by atoms with Crippen LogP contribution in [-0.4, -0.2) is 24.5 Å². The molecule has 70 valence electrons. The molecule has 0 heterocycles. The minimum Gasteiger partial charge on any atom is -0.353 e. The topological polar surface area (TPSA) is 41.1 Å². The van der Waals surface area contributed by atoms with Crippen LogP contribution < -0.4 is 10.6 Å². The van der Waals surface area contributed by atoms with Crippen LogP contribution in [0.15, 0.2) is 12.7 Å². The van der Waals surface area contributed by atoms with Crippen LogP contribution in [0.1, 0.15) is 20.8 Å². The van der Waals surface area contributed by atoms with Crippen molar-refractivity contribution in [1.82, 2.24) is 10.6 Å². The largest absolute Gasteiger partial charge is 0.353 e. The molecule has 0 saturated heterocycles. The predicted molar refractivity (Wildman–Crippen MR) is 50.9 cm³/mol. The first kappa shape index (κ1) is 11.2. The molecule has 3 heteroatoms. The highest BCUT2D eigenvalue weighted by atomic mass is 16.1. The Labute approximate surface area is 74.2 Å². The monoisotopic (exact) mass is 170 g/mol. The second-order valence-electron chi connectivity index (χ2n) is 3.13. The van der Waals surface area contributed by atoms with E-state index in [1.165, 1.54) is 0 Å². The summed E-state index contributed by atoms with van der Waals surface area (Å²) in [7, 11) is 0. The van der Waals surface area contributed by atoms with E-state index in [1.807, 2.05) is 20.8 Å². The van der Waals surface area contributed by atoms with Crippen LogP contribution >= 0.6 is 0 Å². The van der Waals surface area contributed by atoms with Crippen molar-refractivity contribution in [3.05, 3.63) is 12.7 Å². The van der Waals surface area contributed by atoms with Gasteiger partial charge in [0, 0.05) is 12.1 Å². The van der Waals surface area contributed by atoms with E-state index >= 15 is 0 Å². The van der Waals surface area contributed by atoms with Crippen LogP contribution in [0, 0.1) is 0 Å². The van der Waals surface area contributed by atoms with E-state index in [-0.39, 0.29) is 18.0 Å². The Morgan fingerprint density at radius 2 is 2.08 bits per heavy atom. The fraction of sp³-hybridized carbons (Fsp3) is 0.667. The van der Waals surface area contributed by atoms with Gasteiger partial charge in [-0.2, -0.15) is 0 Å². The third-order valence-electron chi connectivity index (χ3n) is 1.39. The molecule has 2 N–H and O–H groups in total. The zero-order valence-corrected chi connectivity index (χ0v) is 8.05. The summed E-state index contributed by atoms with van der Waals surface area (Å²) in [6.07, 6.45) is 1.77. The molecule has 0 radical (unpaired) electrons. The average molecular weight is 170 g/mol. The lowest BCUT2D eigenvalue weighted by Crippen LogP contribution is -2.40. The van der Waals surface area contributed by atoms with Crippen LogP contribution in [-0.2, 0) is 4.79 Å². The van der Waals surface area contributed by atoms with Crippen LogP contribution in [0.5, 0.6) is 0 Å². The smallest absolute Gasteiger partial charge is 0.234 e. The molecule has 0 spiro atoms. The number of hydrogen-bond acceptors (Lipinski definition) is 2. The lowest BCUT2D eigenvalue weighted by atomic mass is 10.3. The van der Waals surface area contributed by atoms with Gasteiger partial charge in [-0.05, 0) is 20.8 Å². The number of rotatable bonds is 5. The molecule has 0 aliphatic rings. The highest BCUT2D eigenvalue weighted by Gasteiger charge is 2.03. The van der Waals surface area contributed by atoms with Crippen LogP contribution in [0.4, 0.5) is 0 Å². The first-order valence-electron chi connectivity index (χ1n) is 4.21. The molecular weight excluding hydrogens is 152 g/mol. The molecule has 1 atom stereocenters. The van der Waals surface area contributed by atoms with E-state index < -0.39 is 0 Å². The lowest BCUT2D eigenvalue weighted by Gasteiger charge is -2.11. The molecule has 0 aromatic carbocycles. The van der Waals surface area contributed by atoms with E-state index in [1.54, 1.807) is 6.08 Å². The normalized spacial score (nSPS) is 12.7. The summed E-state index contributed by atoms with van der Waals surface area (Å²) in [4.78, 5) is 11.1. The van der Waals surface area contributed by atoms with Crippen molar-refractivity contribution >= 4 is 5.91 Å². The van der Waals surface area contributed by atoms with Gasteiger partial charge in [-0.15, -0.1) is 6.58 Å².